The summed E-state index contributed by atoms with van der Waals surface area (Å²) < 4.78 is 1.76. The Kier molecular flexibility index (Phi) is 3.27. The monoisotopic (exact) mass is 235 g/mol. The Morgan fingerprint density at radius 1 is 1.44 bits per heavy atom. The van der Waals surface area contributed by atoms with Gasteiger partial charge in [0.05, 0.1) is 16.9 Å². The van der Waals surface area contributed by atoms with E-state index in [4.69, 9.17) is 17.3 Å². The Labute approximate surface area is 99.8 Å². The molecule has 2 aromatic rings. The van der Waals surface area contributed by atoms with Gasteiger partial charge in [0.2, 0.25) is 0 Å². The summed E-state index contributed by atoms with van der Waals surface area (Å²) in [6.07, 6.45) is 4.30. The van der Waals surface area contributed by atoms with Crippen LogP contribution in [0.25, 0.3) is 5.69 Å². The van der Waals surface area contributed by atoms with Crippen LogP contribution in [0.5, 0.6) is 0 Å². The van der Waals surface area contributed by atoms with Gasteiger partial charge in [-0.15, -0.1) is 0 Å². The molecular formula is C12H14ClN3. The van der Waals surface area contributed by atoms with E-state index in [2.05, 4.69) is 12.0 Å². The highest BCUT2D eigenvalue weighted by Crippen LogP contribution is 2.22. The molecule has 0 amide bonds. The van der Waals surface area contributed by atoms with Crippen LogP contribution in [0, 0.1) is 0 Å². The van der Waals surface area contributed by atoms with Crippen LogP contribution in [-0.4, -0.2) is 9.78 Å². The van der Waals surface area contributed by atoms with E-state index in [1.54, 1.807) is 17.1 Å². The Morgan fingerprint density at radius 3 is 2.81 bits per heavy atom. The summed E-state index contributed by atoms with van der Waals surface area (Å²) in [6, 6.07) is 8.00. The third kappa shape index (κ3) is 2.10. The smallest absolute Gasteiger partial charge is 0.0790 e. The molecule has 0 radical (unpaired) electrons. The number of aromatic nitrogens is 2. The molecule has 1 heterocycles. The van der Waals surface area contributed by atoms with Crippen molar-refractivity contribution in [2.75, 3.05) is 0 Å². The molecule has 2 N–H and O–H groups in total. The Hall–Kier alpha value is -1.32. The van der Waals surface area contributed by atoms with E-state index in [1.165, 1.54) is 0 Å². The number of nitrogens with zero attached hydrogens (tertiary/aromatic N) is 2. The van der Waals surface area contributed by atoms with Crippen LogP contribution in [-0.2, 0) is 0 Å². The maximum absolute atomic E-state index is 6.07. The Morgan fingerprint density at radius 2 is 2.19 bits per heavy atom. The van der Waals surface area contributed by atoms with E-state index in [-0.39, 0.29) is 6.04 Å². The first-order chi connectivity index (χ1) is 7.72. The van der Waals surface area contributed by atoms with Gasteiger partial charge in [0.15, 0.2) is 0 Å². The number of hydrogen-bond donors (Lipinski definition) is 1. The minimum Gasteiger partial charge on any atom is -0.324 e. The standard InChI is InChI=1S/C12H14ClN3/c1-2-11(14)10-5-3-4-6-12(10)16-8-9(13)7-15-16/h3-8,11H,2,14H2,1H3/t11-/m1/s1. The number of para-hydroxylation sites is 1. The fourth-order valence-electron chi connectivity index (χ4n) is 1.66. The Bertz CT molecular complexity index is 479. The van der Waals surface area contributed by atoms with E-state index < -0.39 is 0 Å². The second-order valence-electron chi connectivity index (χ2n) is 3.68. The van der Waals surface area contributed by atoms with Crippen molar-refractivity contribution in [3.63, 3.8) is 0 Å². The van der Waals surface area contributed by atoms with Gasteiger partial charge in [-0.2, -0.15) is 5.10 Å². The molecule has 0 bridgehead atoms. The minimum absolute atomic E-state index is 0.0270. The molecule has 2 rings (SSSR count). The van der Waals surface area contributed by atoms with E-state index >= 15 is 0 Å². The topological polar surface area (TPSA) is 43.8 Å². The summed E-state index contributed by atoms with van der Waals surface area (Å²) in [7, 11) is 0. The van der Waals surface area contributed by atoms with Crippen molar-refractivity contribution in [3.05, 3.63) is 47.2 Å². The fraction of sp³-hybridized carbons (Fsp3) is 0.250. The normalized spacial score (nSPS) is 12.7. The second kappa shape index (κ2) is 4.68. The lowest BCUT2D eigenvalue weighted by atomic mass is 10.0. The van der Waals surface area contributed by atoms with Crippen LogP contribution in [0.3, 0.4) is 0 Å². The fourth-order valence-corrected chi connectivity index (χ4v) is 1.80. The van der Waals surface area contributed by atoms with Gasteiger partial charge in [-0.05, 0) is 18.1 Å². The number of halogens is 1. The van der Waals surface area contributed by atoms with Crippen molar-refractivity contribution < 1.29 is 0 Å². The average Bonchev–Trinajstić information content (AvgIpc) is 2.75. The second-order valence-corrected chi connectivity index (χ2v) is 4.11. The van der Waals surface area contributed by atoms with E-state index in [0.717, 1.165) is 17.7 Å². The van der Waals surface area contributed by atoms with Crippen LogP contribution in [0.15, 0.2) is 36.7 Å². The number of nitrogens with two attached hydrogens (primary N) is 1. The highest BCUT2D eigenvalue weighted by Gasteiger charge is 2.10. The highest BCUT2D eigenvalue weighted by molar-refractivity contribution is 6.30. The lowest BCUT2D eigenvalue weighted by Crippen LogP contribution is -2.12. The quantitative estimate of drug-likeness (QED) is 0.889. The highest BCUT2D eigenvalue weighted by atomic mass is 35.5. The molecule has 16 heavy (non-hydrogen) atoms. The molecule has 3 nitrogen and oxygen atoms in total. The minimum atomic E-state index is 0.0270. The largest absolute Gasteiger partial charge is 0.324 e. The maximum Gasteiger partial charge on any atom is 0.0790 e. The van der Waals surface area contributed by atoms with Gasteiger partial charge in [-0.1, -0.05) is 36.7 Å². The molecule has 0 saturated carbocycles. The zero-order valence-electron chi connectivity index (χ0n) is 9.10. The lowest BCUT2D eigenvalue weighted by Gasteiger charge is -2.14. The van der Waals surface area contributed by atoms with Crippen molar-refractivity contribution >= 4 is 11.6 Å². The summed E-state index contributed by atoms with van der Waals surface area (Å²) >= 11 is 5.86. The van der Waals surface area contributed by atoms with Gasteiger partial charge in [0.1, 0.15) is 0 Å². The van der Waals surface area contributed by atoms with Gasteiger partial charge in [-0.25, -0.2) is 4.68 Å². The molecule has 84 valence electrons. The zero-order chi connectivity index (χ0) is 11.5. The molecular weight excluding hydrogens is 222 g/mol. The lowest BCUT2D eigenvalue weighted by molar-refractivity contribution is 0.686. The number of benzene rings is 1. The molecule has 1 aromatic heterocycles. The third-order valence-electron chi connectivity index (χ3n) is 2.57. The van der Waals surface area contributed by atoms with Crippen molar-refractivity contribution in [2.24, 2.45) is 5.73 Å². The molecule has 0 aliphatic carbocycles. The van der Waals surface area contributed by atoms with Gasteiger partial charge in [-0.3, -0.25) is 0 Å². The molecule has 0 fully saturated rings. The van der Waals surface area contributed by atoms with Crippen molar-refractivity contribution in [1.82, 2.24) is 9.78 Å². The van der Waals surface area contributed by atoms with Gasteiger partial charge < -0.3 is 5.73 Å². The van der Waals surface area contributed by atoms with Crippen LogP contribution in [0.4, 0.5) is 0 Å². The van der Waals surface area contributed by atoms with E-state index in [0.29, 0.717) is 5.02 Å². The molecule has 4 heteroatoms. The van der Waals surface area contributed by atoms with Crippen LogP contribution < -0.4 is 5.73 Å². The first kappa shape index (κ1) is 11.2. The SMILES string of the molecule is CC[C@@H](N)c1ccccc1-n1cc(Cl)cn1. The van der Waals surface area contributed by atoms with E-state index in [9.17, 15) is 0 Å². The van der Waals surface area contributed by atoms with E-state index in [1.807, 2.05) is 24.3 Å². The first-order valence-electron chi connectivity index (χ1n) is 5.27. The molecule has 0 unspecified atom stereocenters. The summed E-state index contributed by atoms with van der Waals surface area (Å²) in [5.41, 5.74) is 8.14. The molecule has 0 aliphatic heterocycles. The predicted molar refractivity (Wildman–Crippen MR) is 65.8 cm³/mol. The average molecular weight is 236 g/mol. The van der Waals surface area contributed by atoms with Crippen LogP contribution >= 0.6 is 11.6 Å². The summed E-state index contributed by atoms with van der Waals surface area (Å²) in [5, 5.41) is 4.82. The zero-order valence-corrected chi connectivity index (χ0v) is 9.85. The molecule has 0 aliphatic rings. The predicted octanol–water partition coefficient (Wildman–Crippen LogP) is 2.94. The van der Waals surface area contributed by atoms with Crippen LogP contribution in [0.2, 0.25) is 5.02 Å². The molecule has 0 spiro atoms. The molecule has 1 atom stereocenters. The molecule has 1 aromatic carbocycles. The molecule has 0 saturated heterocycles. The maximum atomic E-state index is 6.07. The first-order valence-corrected chi connectivity index (χ1v) is 5.65. The van der Waals surface area contributed by atoms with Crippen LogP contribution in [0.1, 0.15) is 24.9 Å². The van der Waals surface area contributed by atoms with Gasteiger partial charge in [0.25, 0.3) is 0 Å². The van der Waals surface area contributed by atoms with Crippen molar-refractivity contribution in [3.8, 4) is 5.69 Å². The third-order valence-corrected chi connectivity index (χ3v) is 2.77. The van der Waals surface area contributed by atoms with Gasteiger partial charge in [0, 0.05) is 12.2 Å². The van der Waals surface area contributed by atoms with Crippen molar-refractivity contribution in [1.29, 1.82) is 0 Å². The Balaban J connectivity index is 2.48. The van der Waals surface area contributed by atoms with Gasteiger partial charge >= 0.3 is 0 Å². The van der Waals surface area contributed by atoms with Crippen molar-refractivity contribution in [2.45, 2.75) is 19.4 Å². The number of hydrogen-bond acceptors (Lipinski definition) is 2. The number of rotatable bonds is 3. The summed E-state index contributed by atoms with van der Waals surface area (Å²) in [4.78, 5) is 0. The summed E-state index contributed by atoms with van der Waals surface area (Å²) in [6.45, 7) is 2.07. The summed E-state index contributed by atoms with van der Waals surface area (Å²) in [5.74, 6) is 0.